The minimum Gasteiger partial charge on any atom is -0.497 e. The second kappa shape index (κ2) is 12.0. The van der Waals surface area contributed by atoms with Crippen LogP contribution in [0.2, 0.25) is 0 Å². The number of aromatic nitrogens is 1. The Bertz CT molecular complexity index is 940. The number of likely N-dealkylation sites (N-methyl/N-ethyl adjacent to an activating group) is 1. The molecule has 0 radical (unpaired) electrons. The van der Waals surface area contributed by atoms with Crippen molar-refractivity contribution in [3.05, 3.63) is 46.3 Å². The SMILES string of the molecule is CN=C(NCCCc1cc2c(OC)cc(OC)cc2[nH]1)N(C)CCc1cccs1.I. The summed E-state index contributed by atoms with van der Waals surface area (Å²) in [6.45, 7) is 1.82. The monoisotopic (exact) mass is 542 g/mol. The second-order valence-electron chi connectivity index (χ2n) is 6.91. The number of benzene rings is 1. The Morgan fingerprint density at radius 3 is 2.70 bits per heavy atom. The molecule has 30 heavy (non-hydrogen) atoms. The maximum absolute atomic E-state index is 5.50. The van der Waals surface area contributed by atoms with Crippen LogP contribution in [0.1, 0.15) is 17.0 Å². The predicted molar refractivity (Wildman–Crippen MR) is 137 cm³/mol. The highest BCUT2D eigenvalue weighted by Crippen LogP contribution is 2.31. The van der Waals surface area contributed by atoms with E-state index >= 15 is 0 Å². The summed E-state index contributed by atoms with van der Waals surface area (Å²) in [5.41, 5.74) is 2.22. The molecule has 0 unspecified atom stereocenters. The van der Waals surface area contributed by atoms with Crippen LogP contribution in [0.15, 0.2) is 40.7 Å². The molecule has 3 aromatic rings. The van der Waals surface area contributed by atoms with Gasteiger partial charge in [-0.1, -0.05) is 6.07 Å². The Kier molecular flexibility index (Phi) is 9.77. The number of guanidine groups is 1. The molecule has 3 rings (SSSR count). The number of thiophene rings is 1. The molecule has 6 nitrogen and oxygen atoms in total. The first-order chi connectivity index (χ1) is 14.1. The fourth-order valence-corrected chi connectivity index (χ4v) is 4.06. The first kappa shape index (κ1) is 24.3. The van der Waals surface area contributed by atoms with Gasteiger partial charge in [-0.3, -0.25) is 4.99 Å². The quantitative estimate of drug-likeness (QED) is 0.180. The lowest BCUT2D eigenvalue weighted by atomic mass is 10.2. The van der Waals surface area contributed by atoms with Crippen LogP contribution >= 0.6 is 35.3 Å². The van der Waals surface area contributed by atoms with Gasteiger partial charge in [-0.15, -0.1) is 35.3 Å². The fourth-order valence-electron chi connectivity index (χ4n) is 3.36. The molecule has 0 fully saturated rings. The van der Waals surface area contributed by atoms with E-state index < -0.39 is 0 Å². The fraction of sp³-hybridized carbons (Fsp3) is 0.409. The molecule has 0 saturated heterocycles. The highest BCUT2D eigenvalue weighted by molar-refractivity contribution is 14.0. The zero-order chi connectivity index (χ0) is 20.6. The second-order valence-corrected chi connectivity index (χ2v) is 7.95. The van der Waals surface area contributed by atoms with Crippen LogP contribution in [0.5, 0.6) is 11.5 Å². The van der Waals surface area contributed by atoms with Gasteiger partial charge < -0.3 is 24.7 Å². The highest BCUT2D eigenvalue weighted by Gasteiger charge is 2.10. The van der Waals surface area contributed by atoms with Crippen molar-refractivity contribution in [3.63, 3.8) is 0 Å². The number of aromatic amines is 1. The third kappa shape index (κ3) is 6.28. The molecule has 0 bridgehead atoms. The molecule has 2 N–H and O–H groups in total. The van der Waals surface area contributed by atoms with Crippen LogP contribution in [0.25, 0.3) is 10.9 Å². The normalized spacial score (nSPS) is 11.3. The van der Waals surface area contributed by atoms with Crippen LogP contribution in [0, 0.1) is 0 Å². The topological polar surface area (TPSA) is 61.9 Å². The van der Waals surface area contributed by atoms with Gasteiger partial charge in [-0.05, 0) is 36.8 Å². The standard InChI is InChI=1S/C22H30N4O2S.HI/c1-23-22(26(2)11-9-18-8-6-12-29-18)24-10-5-7-16-13-19-20(25-16)14-17(27-3)15-21(19)28-4;/h6,8,12-15,25H,5,7,9-11H2,1-4H3,(H,23,24);1H. The summed E-state index contributed by atoms with van der Waals surface area (Å²) >= 11 is 1.80. The molecule has 8 heteroatoms. The summed E-state index contributed by atoms with van der Waals surface area (Å²) < 4.78 is 10.8. The van der Waals surface area contributed by atoms with Crippen LogP contribution in [-0.2, 0) is 12.8 Å². The van der Waals surface area contributed by atoms with E-state index in [1.807, 2.05) is 19.2 Å². The molecule has 2 aromatic heterocycles. The first-order valence-corrected chi connectivity index (χ1v) is 10.7. The molecule has 1 aromatic carbocycles. The molecule has 0 atom stereocenters. The average Bonchev–Trinajstić information content (AvgIpc) is 3.40. The smallest absolute Gasteiger partial charge is 0.193 e. The van der Waals surface area contributed by atoms with E-state index in [0.717, 1.165) is 60.7 Å². The van der Waals surface area contributed by atoms with Gasteiger partial charge in [0.2, 0.25) is 0 Å². The van der Waals surface area contributed by atoms with E-state index in [0.29, 0.717) is 0 Å². The number of hydrogen-bond donors (Lipinski definition) is 2. The van der Waals surface area contributed by atoms with E-state index in [4.69, 9.17) is 9.47 Å². The van der Waals surface area contributed by atoms with Gasteiger partial charge >= 0.3 is 0 Å². The minimum absolute atomic E-state index is 0. The average molecular weight is 542 g/mol. The lowest BCUT2D eigenvalue weighted by Crippen LogP contribution is -2.40. The summed E-state index contributed by atoms with van der Waals surface area (Å²) in [5, 5.41) is 6.67. The van der Waals surface area contributed by atoms with Crippen molar-refractivity contribution >= 4 is 52.2 Å². The Labute approximate surface area is 199 Å². The number of aliphatic imine (C=N–C) groups is 1. The maximum Gasteiger partial charge on any atom is 0.193 e. The van der Waals surface area contributed by atoms with Gasteiger partial charge in [0.1, 0.15) is 11.5 Å². The Morgan fingerprint density at radius 1 is 1.20 bits per heavy atom. The van der Waals surface area contributed by atoms with Crippen molar-refractivity contribution in [1.82, 2.24) is 15.2 Å². The predicted octanol–water partition coefficient (Wildman–Crippen LogP) is 4.55. The number of halogens is 1. The van der Waals surface area contributed by atoms with E-state index in [-0.39, 0.29) is 24.0 Å². The van der Waals surface area contributed by atoms with E-state index in [1.165, 1.54) is 10.6 Å². The van der Waals surface area contributed by atoms with Gasteiger partial charge in [0.25, 0.3) is 0 Å². The molecule has 2 heterocycles. The number of hydrogen-bond acceptors (Lipinski definition) is 4. The van der Waals surface area contributed by atoms with Crippen molar-refractivity contribution in [1.29, 1.82) is 0 Å². The molecular formula is C22H31IN4O2S. The number of aryl methyl sites for hydroxylation is 1. The molecule has 0 aliphatic rings. The van der Waals surface area contributed by atoms with Gasteiger partial charge in [-0.2, -0.15) is 0 Å². The summed E-state index contributed by atoms with van der Waals surface area (Å²) in [7, 11) is 7.27. The Hall–Kier alpha value is -1.94. The van der Waals surface area contributed by atoms with Crippen molar-refractivity contribution < 1.29 is 9.47 Å². The van der Waals surface area contributed by atoms with Gasteiger partial charge in [0.05, 0.1) is 19.7 Å². The van der Waals surface area contributed by atoms with E-state index in [1.54, 1.807) is 25.6 Å². The lowest BCUT2D eigenvalue weighted by molar-refractivity contribution is 0.398. The molecule has 164 valence electrons. The molecular weight excluding hydrogens is 511 g/mol. The largest absolute Gasteiger partial charge is 0.497 e. The van der Waals surface area contributed by atoms with Crippen molar-refractivity contribution in [3.8, 4) is 11.5 Å². The zero-order valence-electron chi connectivity index (χ0n) is 18.0. The Morgan fingerprint density at radius 2 is 2.03 bits per heavy atom. The number of rotatable bonds is 9. The van der Waals surface area contributed by atoms with Crippen LogP contribution < -0.4 is 14.8 Å². The highest BCUT2D eigenvalue weighted by atomic mass is 127. The van der Waals surface area contributed by atoms with E-state index in [2.05, 4.69) is 50.8 Å². The number of nitrogens with one attached hydrogen (secondary N) is 2. The summed E-state index contributed by atoms with van der Waals surface area (Å²) in [4.78, 5) is 11.5. The zero-order valence-corrected chi connectivity index (χ0v) is 21.2. The van der Waals surface area contributed by atoms with E-state index in [9.17, 15) is 0 Å². The van der Waals surface area contributed by atoms with Gasteiger partial charge in [-0.25, -0.2) is 0 Å². The number of methoxy groups -OCH3 is 2. The van der Waals surface area contributed by atoms with Crippen molar-refractivity contribution in [2.24, 2.45) is 4.99 Å². The number of H-pyrrole nitrogens is 1. The van der Waals surface area contributed by atoms with Crippen LogP contribution in [0.4, 0.5) is 0 Å². The minimum atomic E-state index is 0. The van der Waals surface area contributed by atoms with Crippen molar-refractivity contribution in [2.45, 2.75) is 19.3 Å². The maximum atomic E-state index is 5.50. The molecule has 0 saturated carbocycles. The number of fused-ring (bicyclic) bond motifs is 1. The Balaban J connectivity index is 0.00000320. The molecule has 0 spiro atoms. The third-order valence-electron chi connectivity index (χ3n) is 4.94. The third-order valence-corrected chi connectivity index (χ3v) is 5.87. The molecule has 0 aliphatic carbocycles. The number of ether oxygens (including phenoxy) is 2. The summed E-state index contributed by atoms with van der Waals surface area (Å²) in [6, 6.07) is 10.4. The van der Waals surface area contributed by atoms with Crippen LogP contribution in [0.3, 0.4) is 0 Å². The molecule has 0 aliphatic heterocycles. The summed E-state index contributed by atoms with van der Waals surface area (Å²) in [5.74, 6) is 2.55. The molecule has 0 amide bonds. The van der Waals surface area contributed by atoms with Gasteiger partial charge in [0.15, 0.2) is 5.96 Å². The lowest BCUT2D eigenvalue weighted by Gasteiger charge is -2.21. The number of nitrogens with zero attached hydrogens (tertiary/aromatic N) is 2. The first-order valence-electron chi connectivity index (χ1n) is 9.82. The van der Waals surface area contributed by atoms with Crippen LogP contribution in [-0.4, -0.2) is 57.2 Å². The van der Waals surface area contributed by atoms with Crippen molar-refractivity contribution in [2.75, 3.05) is 41.4 Å². The summed E-state index contributed by atoms with van der Waals surface area (Å²) in [6.07, 6.45) is 2.99. The van der Waals surface area contributed by atoms with Gasteiger partial charge in [0, 0.05) is 55.3 Å².